The van der Waals surface area contributed by atoms with Crippen molar-refractivity contribution >= 4 is 5.97 Å². The molecule has 0 aromatic heterocycles. The molecule has 0 amide bonds. The molecule has 0 radical (unpaired) electrons. The van der Waals surface area contributed by atoms with Gasteiger partial charge in [-0.15, -0.1) is 0 Å². The predicted octanol–water partition coefficient (Wildman–Crippen LogP) is -0.532. The van der Waals surface area contributed by atoms with Crippen molar-refractivity contribution < 1.29 is 14.3 Å². The molecule has 0 spiro atoms. The maximum absolute atomic E-state index is 11.5. The van der Waals surface area contributed by atoms with Gasteiger partial charge in [0.2, 0.25) is 0 Å². The molecule has 6 heteroatoms. The summed E-state index contributed by atoms with van der Waals surface area (Å²) in [7, 11) is 2.75. The Hall–Kier alpha value is -1.63. The van der Waals surface area contributed by atoms with Gasteiger partial charge in [-0.2, -0.15) is 0 Å². The van der Waals surface area contributed by atoms with Crippen LogP contribution in [0.25, 0.3) is 0 Å². The molecular weight excluding hydrogens is 210 g/mol. The topological polar surface area (TPSA) is 114 Å². The Labute approximate surface area is 93.3 Å². The van der Waals surface area contributed by atoms with Crippen LogP contribution >= 0.6 is 0 Å². The molecule has 0 heterocycles. The van der Waals surface area contributed by atoms with Crippen molar-refractivity contribution in [1.29, 1.82) is 0 Å². The molecule has 0 aliphatic heterocycles. The monoisotopic (exact) mass is 225 g/mol. The number of nitrogens with two attached hydrogens (primary N) is 3. The first-order valence-corrected chi connectivity index (χ1v) is 4.53. The lowest BCUT2D eigenvalue weighted by molar-refractivity contribution is 0.0597. The molecule has 16 heavy (non-hydrogen) atoms. The highest BCUT2D eigenvalue weighted by molar-refractivity contribution is 5.91. The SMILES string of the molecule is COC(=O)c1ccc(OC)cc1C(N)(N)N. The molecule has 0 unspecified atom stereocenters. The Morgan fingerprint density at radius 1 is 1.25 bits per heavy atom. The van der Waals surface area contributed by atoms with Crippen LogP contribution in [-0.2, 0) is 10.5 Å². The van der Waals surface area contributed by atoms with Crippen LogP contribution in [-0.4, -0.2) is 20.2 Å². The second kappa shape index (κ2) is 4.48. The summed E-state index contributed by atoms with van der Waals surface area (Å²) >= 11 is 0. The van der Waals surface area contributed by atoms with E-state index >= 15 is 0 Å². The van der Waals surface area contributed by atoms with Crippen molar-refractivity contribution in [2.75, 3.05) is 14.2 Å². The van der Waals surface area contributed by atoms with Crippen molar-refractivity contribution in [3.05, 3.63) is 29.3 Å². The van der Waals surface area contributed by atoms with Crippen LogP contribution in [0.2, 0.25) is 0 Å². The third kappa shape index (κ3) is 2.48. The number of rotatable bonds is 3. The van der Waals surface area contributed by atoms with Crippen molar-refractivity contribution in [3.8, 4) is 5.75 Å². The van der Waals surface area contributed by atoms with Gasteiger partial charge in [0.15, 0.2) is 0 Å². The van der Waals surface area contributed by atoms with Gasteiger partial charge in [0.25, 0.3) is 0 Å². The highest BCUT2D eigenvalue weighted by atomic mass is 16.5. The highest BCUT2D eigenvalue weighted by Gasteiger charge is 2.24. The van der Waals surface area contributed by atoms with E-state index in [4.69, 9.17) is 21.9 Å². The zero-order valence-corrected chi connectivity index (χ0v) is 9.19. The van der Waals surface area contributed by atoms with E-state index in [1.807, 2.05) is 0 Å². The highest BCUT2D eigenvalue weighted by Crippen LogP contribution is 2.21. The van der Waals surface area contributed by atoms with Crippen LogP contribution in [0.3, 0.4) is 0 Å². The maximum Gasteiger partial charge on any atom is 0.338 e. The van der Waals surface area contributed by atoms with Gasteiger partial charge in [-0.1, -0.05) is 0 Å². The molecule has 0 saturated carbocycles. The van der Waals surface area contributed by atoms with Crippen LogP contribution in [0.1, 0.15) is 15.9 Å². The fourth-order valence-electron chi connectivity index (χ4n) is 1.30. The molecule has 88 valence electrons. The first-order valence-electron chi connectivity index (χ1n) is 4.53. The summed E-state index contributed by atoms with van der Waals surface area (Å²) in [5.74, 6) is -1.67. The Kier molecular flexibility index (Phi) is 3.48. The minimum absolute atomic E-state index is 0.218. The Morgan fingerprint density at radius 3 is 2.31 bits per heavy atom. The van der Waals surface area contributed by atoms with Crippen LogP contribution in [0, 0.1) is 0 Å². The van der Waals surface area contributed by atoms with Crippen LogP contribution in [0.4, 0.5) is 0 Å². The van der Waals surface area contributed by atoms with Crippen molar-refractivity contribution in [2.24, 2.45) is 17.2 Å². The molecule has 0 atom stereocenters. The van der Waals surface area contributed by atoms with Crippen molar-refractivity contribution in [2.45, 2.75) is 5.79 Å². The van der Waals surface area contributed by atoms with Gasteiger partial charge in [0.1, 0.15) is 11.5 Å². The zero-order chi connectivity index (χ0) is 12.3. The molecule has 0 bridgehead atoms. The summed E-state index contributed by atoms with van der Waals surface area (Å²) in [6.07, 6.45) is 0. The van der Waals surface area contributed by atoms with Gasteiger partial charge in [-0.05, 0) is 18.2 Å². The molecule has 1 aromatic carbocycles. The van der Waals surface area contributed by atoms with E-state index in [1.54, 1.807) is 6.07 Å². The number of hydrogen-bond donors (Lipinski definition) is 3. The molecule has 0 aliphatic rings. The van der Waals surface area contributed by atoms with Gasteiger partial charge in [-0.3, -0.25) is 17.2 Å². The minimum Gasteiger partial charge on any atom is -0.497 e. The molecular formula is C10H15N3O3. The van der Waals surface area contributed by atoms with Gasteiger partial charge in [-0.25, -0.2) is 4.79 Å². The van der Waals surface area contributed by atoms with E-state index in [1.165, 1.54) is 26.4 Å². The summed E-state index contributed by atoms with van der Waals surface area (Å²) in [4.78, 5) is 11.5. The Morgan fingerprint density at radius 2 is 1.88 bits per heavy atom. The smallest absolute Gasteiger partial charge is 0.338 e. The number of methoxy groups -OCH3 is 2. The van der Waals surface area contributed by atoms with E-state index in [-0.39, 0.29) is 11.1 Å². The predicted molar refractivity (Wildman–Crippen MR) is 58.6 cm³/mol. The first kappa shape index (κ1) is 12.4. The molecule has 6 N–H and O–H groups in total. The van der Waals surface area contributed by atoms with E-state index in [0.717, 1.165) is 0 Å². The first-order chi connectivity index (χ1) is 7.40. The largest absolute Gasteiger partial charge is 0.497 e. The fourth-order valence-corrected chi connectivity index (χ4v) is 1.30. The van der Waals surface area contributed by atoms with E-state index in [0.29, 0.717) is 5.75 Å². The molecule has 0 aliphatic carbocycles. The Balaban J connectivity index is 3.33. The average Bonchev–Trinajstić information content (AvgIpc) is 2.26. The number of hydrogen-bond acceptors (Lipinski definition) is 6. The zero-order valence-electron chi connectivity index (χ0n) is 9.19. The van der Waals surface area contributed by atoms with E-state index in [2.05, 4.69) is 4.74 Å². The van der Waals surface area contributed by atoms with E-state index < -0.39 is 11.8 Å². The lowest BCUT2D eigenvalue weighted by Gasteiger charge is -2.22. The number of carbonyl (C=O) groups is 1. The number of carbonyl (C=O) groups excluding carboxylic acids is 1. The molecule has 0 saturated heterocycles. The van der Waals surface area contributed by atoms with E-state index in [9.17, 15) is 4.79 Å². The lowest BCUT2D eigenvalue weighted by Crippen LogP contribution is -2.55. The summed E-state index contributed by atoms with van der Waals surface area (Å²) in [6, 6.07) is 4.61. The standard InChI is InChI=1S/C10H15N3O3/c1-15-6-3-4-7(9(14)16-2)8(5-6)10(11,12)13/h3-5H,11-13H2,1-2H3. The molecule has 0 fully saturated rings. The normalized spacial score (nSPS) is 11.1. The second-order valence-electron chi connectivity index (χ2n) is 3.34. The number of ether oxygens (including phenoxy) is 2. The van der Waals surface area contributed by atoms with Gasteiger partial charge >= 0.3 is 5.97 Å². The van der Waals surface area contributed by atoms with Crippen LogP contribution in [0.15, 0.2) is 18.2 Å². The maximum atomic E-state index is 11.5. The van der Waals surface area contributed by atoms with Crippen molar-refractivity contribution in [3.63, 3.8) is 0 Å². The average molecular weight is 225 g/mol. The van der Waals surface area contributed by atoms with Gasteiger partial charge in [0, 0.05) is 5.56 Å². The van der Waals surface area contributed by atoms with Crippen LogP contribution < -0.4 is 21.9 Å². The summed E-state index contributed by atoms with van der Waals surface area (Å²) in [5, 5.41) is 0. The molecule has 1 rings (SSSR count). The third-order valence-corrected chi connectivity index (χ3v) is 2.10. The third-order valence-electron chi connectivity index (χ3n) is 2.10. The van der Waals surface area contributed by atoms with Gasteiger partial charge in [0.05, 0.1) is 19.8 Å². The lowest BCUT2D eigenvalue weighted by atomic mass is 10.0. The fraction of sp³-hybridized carbons (Fsp3) is 0.300. The van der Waals surface area contributed by atoms with Crippen LogP contribution in [0.5, 0.6) is 5.75 Å². The summed E-state index contributed by atoms with van der Waals surface area (Å²) < 4.78 is 9.60. The number of benzene rings is 1. The minimum atomic E-state index is -1.63. The number of esters is 1. The van der Waals surface area contributed by atoms with Crippen molar-refractivity contribution in [1.82, 2.24) is 0 Å². The summed E-state index contributed by atoms with van der Waals surface area (Å²) in [5.41, 5.74) is 17.2. The second-order valence-corrected chi connectivity index (χ2v) is 3.34. The molecule has 6 nitrogen and oxygen atoms in total. The summed E-state index contributed by atoms with van der Waals surface area (Å²) in [6.45, 7) is 0. The molecule has 1 aromatic rings. The Bertz CT molecular complexity index is 399. The van der Waals surface area contributed by atoms with Gasteiger partial charge < -0.3 is 9.47 Å². The quantitative estimate of drug-likeness (QED) is 0.470.